The zero-order valence-electron chi connectivity index (χ0n) is 21.6. The zero-order chi connectivity index (χ0) is 27.1. The number of thioether (sulfide) groups is 1. The first-order valence-corrected chi connectivity index (χ1v) is 12.7. The van der Waals surface area contributed by atoms with E-state index in [-0.39, 0.29) is 24.8 Å². The van der Waals surface area contributed by atoms with E-state index in [1.807, 2.05) is 24.3 Å². The Kier molecular flexibility index (Phi) is 8.75. The molecule has 1 atom stereocenters. The van der Waals surface area contributed by atoms with Crippen molar-refractivity contribution in [3.8, 4) is 23.0 Å². The van der Waals surface area contributed by atoms with Crippen LogP contribution < -0.4 is 24.3 Å². The monoisotopic (exact) mass is 535 g/mol. The van der Waals surface area contributed by atoms with E-state index in [2.05, 4.69) is 5.32 Å². The molecular formula is C28H29N3O6S. The van der Waals surface area contributed by atoms with Crippen LogP contribution in [-0.4, -0.2) is 55.6 Å². The predicted octanol–water partition coefficient (Wildman–Crippen LogP) is 4.88. The van der Waals surface area contributed by atoms with Crippen LogP contribution in [0, 0.1) is 0 Å². The van der Waals surface area contributed by atoms with Gasteiger partial charge in [0.25, 0.3) is 0 Å². The van der Waals surface area contributed by atoms with Crippen molar-refractivity contribution in [2.45, 2.75) is 18.2 Å². The number of anilines is 1. The average Bonchev–Trinajstić information content (AvgIpc) is 3.22. The van der Waals surface area contributed by atoms with Crippen LogP contribution in [0.5, 0.6) is 23.0 Å². The summed E-state index contributed by atoms with van der Waals surface area (Å²) >= 11 is 1.27. The molecule has 1 N–H and O–H groups in total. The fourth-order valence-electron chi connectivity index (χ4n) is 3.85. The number of nitrogens with one attached hydrogen (secondary N) is 1. The Morgan fingerprint density at radius 3 is 2.11 bits per heavy atom. The van der Waals surface area contributed by atoms with Crippen molar-refractivity contribution >= 4 is 40.1 Å². The summed E-state index contributed by atoms with van der Waals surface area (Å²) in [5.74, 6) is 2.10. The first-order chi connectivity index (χ1) is 18.4. The molecule has 3 aromatic rings. The number of ether oxygens (including phenoxy) is 4. The van der Waals surface area contributed by atoms with E-state index in [9.17, 15) is 9.59 Å². The topological polar surface area (TPSA) is 98.7 Å². The van der Waals surface area contributed by atoms with Gasteiger partial charge in [-0.2, -0.15) is 0 Å². The molecule has 0 radical (unpaired) electrons. The van der Waals surface area contributed by atoms with Crippen LogP contribution in [0.3, 0.4) is 0 Å². The summed E-state index contributed by atoms with van der Waals surface area (Å²) in [6.45, 7) is 0.262. The van der Waals surface area contributed by atoms with Crippen molar-refractivity contribution in [2.75, 3.05) is 33.8 Å². The molecular weight excluding hydrogens is 506 g/mol. The minimum atomic E-state index is -0.620. The Balaban J connectivity index is 1.56. The molecule has 0 spiro atoms. The fourth-order valence-corrected chi connectivity index (χ4v) is 5.01. The van der Waals surface area contributed by atoms with E-state index in [1.165, 1.54) is 11.8 Å². The Morgan fingerprint density at radius 1 is 0.868 bits per heavy atom. The molecule has 0 aromatic heterocycles. The molecule has 198 valence electrons. The predicted molar refractivity (Wildman–Crippen MR) is 148 cm³/mol. The highest BCUT2D eigenvalue weighted by Crippen LogP contribution is 2.35. The number of hydrogen-bond donors (Lipinski definition) is 1. The summed E-state index contributed by atoms with van der Waals surface area (Å²) in [5.41, 5.74) is 2.13. The average molecular weight is 536 g/mol. The number of methoxy groups -OCH3 is 4. The molecule has 1 heterocycles. The van der Waals surface area contributed by atoms with E-state index < -0.39 is 5.25 Å². The summed E-state index contributed by atoms with van der Waals surface area (Å²) in [5, 5.41) is 2.74. The molecule has 1 aliphatic heterocycles. The third-order valence-corrected chi connectivity index (χ3v) is 7.03. The summed E-state index contributed by atoms with van der Waals surface area (Å²) < 4.78 is 21.1. The summed E-state index contributed by atoms with van der Waals surface area (Å²) in [6, 6.07) is 19.7. The van der Waals surface area contributed by atoms with E-state index in [0.29, 0.717) is 39.5 Å². The Morgan fingerprint density at radius 2 is 1.50 bits per heavy atom. The maximum Gasteiger partial charge on any atom is 0.242 e. The number of hydrogen-bond acceptors (Lipinski definition) is 8. The lowest BCUT2D eigenvalue weighted by Crippen LogP contribution is -2.33. The second kappa shape index (κ2) is 12.4. The second-order valence-corrected chi connectivity index (χ2v) is 9.46. The first kappa shape index (κ1) is 26.9. The molecule has 38 heavy (non-hydrogen) atoms. The van der Waals surface area contributed by atoms with Gasteiger partial charge in [-0.3, -0.25) is 14.5 Å². The van der Waals surface area contributed by atoms with Crippen LogP contribution in [0.15, 0.2) is 71.7 Å². The van der Waals surface area contributed by atoms with Crippen molar-refractivity contribution in [1.82, 2.24) is 4.90 Å². The van der Waals surface area contributed by atoms with Gasteiger partial charge in [-0.1, -0.05) is 17.8 Å². The highest BCUT2D eigenvalue weighted by molar-refractivity contribution is 8.15. The van der Waals surface area contributed by atoms with E-state index in [0.717, 1.165) is 5.56 Å². The van der Waals surface area contributed by atoms with Gasteiger partial charge in [-0.25, -0.2) is 4.99 Å². The van der Waals surface area contributed by atoms with Crippen molar-refractivity contribution in [3.63, 3.8) is 0 Å². The number of rotatable bonds is 10. The zero-order valence-corrected chi connectivity index (χ0v) is 22.4. The minimum Gasteiger partial charge on any atom is -0.497 e. The molecule has 10 heteroatoms. The number of carbonyl (C=O) groups excluding carboxylic acids is 2. The Bertz CT molecular complexity index is 1310. The lowest BCUT2D eigenvalue weighted by Gasteiger charge is -2.18. The molecule has 0 saturated carbocycles. The summed E-state index contributed by atoms with van der Waals surface area (Å²) in [4.78, 5) is 32.6. The molecule has 2 amide bonds. The van der Waals surface area contributed by atoms with Gasteiger partial charge in [0.1, 0.15) is 16.7 Å². The number of aliphatic imine (C=N–C) groups is 1. The quantitative estimate of drug-likeness (QED) is 0.395. The van der Waals surface area contributed by atoms with Crippen molar-refractivity contribution in [3.05, 3.63) is 72.3 Å². The lowest BCUT2D eigenvalue weighted by atomic mass is 10.1. The Hall–Kier alpha value is -4.18. The number of amides is 2. The number of amidine groups is 1. The van der Waals surface area contributed by atoms with Crippen LogP contribution in [0.25, 0.3) is 0 Å². The smallest absolute Gasteiger partial charge is 0.242 e. The third kappa shape index (κ3) is 6.38. The van der Waals surface area contributed by atoms with Gasteiger partial charge in [0.15, 0.2) is 16.7 Å². The molecule has 4 rings (SSSR count). The largest absolute Gasteiger partial charge is 0.497 e. The fraction of sp³-hybridized carbons (Fsp3) is 0.250. The standard InChI is InChI=1S/C28H29N3O6S/c1-34-21-10-6-19(7-11-21)29-26(32)16-25-27(33)31(17-18-5-14-23(36-3)24(15-18)37-4)28(38-25)30-20-8-12-22(35-2)13-9-20/h5-15,25H,16-17H2,1-4H3,(H,29,32)/t25-/m0/s1. The molecule has 0 unspecified atom stereocenters. The van der Waals surface area contributed by atoms with Gasteiger partial charge in [-0.05, 0) is 66.2 Å². The van der Waals surface area contributed by atoms with Gasteiger partial charge in [-0.15, -0.1) is 0 Å². The highest BCUT2D eigenvalue weighted by Gasteiger charge is 2.39. The lowest BCUT2D eigenvalue weighted by molar-refractivity contribution is -0.128. The molecule has 1 saturated heterocycles. The normalized spacial score (nSPS) is 15.9. The third-order valence-electron chi connectivity index (χ3n) is 5.85. The van der Waals surface area contributed by atoms with Crippen LogP contribution in [0.2, 0.25) is 0 Å². The van der Waals surface area contributed by atoms with E-state index >= 15 is 0 Å². The molecule has 0 aliphatic carbocycles. The molecule has 9 nitrogen and oxygen atoms in total. The van der Waals surface area contributed by atoms with Crippen LogP contribution in [0.1, 0.15) is 12.0 Å². The van der Waals surface area contributed by atoms with Gasteiger partial charge in [0.2, 0.25) is 11.8 Å². The van der Waals surface area contributed by atoms with Crippen LogP contribution >= 0.6 is 11.8 Å². The number of carbonyl (C=O) groups is 2. The van der Waals surface area contributed by atoms with Gasteiger partial charge in [0, 0.05) is 12.1 Å². The SMILES string of the molecule is COc1ccc(N=C2S[C@@H](CC(=O)Nc3ccc(OC)cc3)C(=O)N2Cc2ccc(OC)c(OC)c2)cc1. The highest BCUT2D eigenvalue weighted by atomic mass is 32.2. The van der Waals surface area contributed by atoms with E-state index in [4.69, 9.17) is 23.9 Å². The van der Waals surface area contributed by atoms with Gasteiger partial charge >= 0.3 is 0 Å². The van der Waals surface area contributed by atoms with Crippen LogP contribution in [-0.2, 0) is 16.1 Å². The Labute approximate surface area is 225 Å². The van der Waals surface area contributed by atoms with Gasteiger partial charge < -0.3 is 24.3 Å². The molecule has 1 fully saturated rings. The first-order valence-electron chi connectivity index (χ1n) is 11.8. The second-order valence-electron chi connectivity index (χ2n) is 8.29. The maximum atomic E-state index is 13.5. The summed E-state index contributed by atoms with van der Waals surface area (Å²) in [7, 11) is 6.31. The molecule has 1 aliphatic rings. The number of nitrogens with zero attached hydrogens (tertiary/aromatic N) is 2. The van der Waals surface area contributed by atoms with Crippen LogP contribution in [0.4, 0.5) is 11.4 Å². The summed E-state index contributed by atoms with van der Waals surface area (Å²) in [6.07, 6.45) is -0.000401. The maximum absolute atomic E-state index is 13.5. The van der Waals surface area contributed by atoms with Crippen molar-refractivity contribution in [2.24, 2.45) is 4.99 Å². The molecule has 0 bridgehead atoms. The van der Waals surface area contributed by atoms with E-state index in [1.54, 1.807) is 75.8 Å². The minimum absolute atomic E-state index is 0.000401. The van der Waals surface area contributed by atoms with Gasteiger partial charge in [0.05, 0.1) is 40.7 Å². The molecule has 3 aromatic carbocycles. The van der Waals surface area contributed by atoms with Crippen molar-refractivity contribution in [1.29, 1.82) is 0 Å². The van der Waals surface area contributed by atoms with Crippen molar-refractivity contribution < 1.29 is 28.5 Å². The number of benzene rings is 3.